The summed E-state index contributed by atoms with van der Waals surface area (Å²) in [5, 5.41) is 20.6. The van der Waals surface area contributed by atoms with Crippen LogP contribution in [0, 0.1) is 17.7 Å². The Balaban J connectivity index is 1.86. The minimum absolute atomic E-state index is 0.157. The van der Waals surface area contributed by atoms with Gasteiger partial charge in [-0.05, 0) is 37.0 Å². The second-order valence-corrected chi connectivity index (χ2v) is 5.05. The van der Waals surface area contributed by atoms with E-state index in [-0.39, 0.29) is 18.4 Å². The highest BCUT2D eigenvalue weighted by Gasteiger charge is 2.33. The molecule has 0 bridgehead atoms. The molecule has 0 aliphatic heterocycles. The van der Waals surface area contributed by atoms with E-state index in [4.69, 9.17) is 10.2 Å². The van der Waals surface area contributed by atoms with Crippen LogP contribution in [0.4, 0.5) is 4.39 Å². The van der Waals surface area contributed by atoms with Gasteiger partial charge in [-0.25, -0.2) is 4.39 Å². The average molecular weight is 281 g/mol. The predicted molar refractivity (Wildman–Crippen MR) is 68.4 cm³/mol. The number of rotatable bonds is 4. The Morgan fingerprint density at radius 3 is 2.60 bits per heavy atom. The highest BCUT2D eigenvalue weighted by Crippen LogP contribution is 2.31. The van der Waals surface area contributed by atoms with E-state index in [0.717, 1.165) is 6.07 Å². The van der Waals surface area contributed by atoms with Crippen molar-refractivity contribution < 1.29 is 24.2 Å². The lowest BCUT2D eigenvalue weighted by Gasteiger charge is -2.11. The van der Waals surface area contributed by atoms with Crippen LogP contribution in [-0.2, 0) is 16.1 Å². The lowest BCUT2D eigenvalue weighted by molar-refractivity contribution is -0.141. The zero-order valence-electron chi connectivity index (χ0n) is 10.8. The molecule has 1 aromatic carbocycles. The van der Waals surface area contributed by atoms with Gasteiger partial charge in [-0.15, -0.1) is 0 Å². The van der Waals surface area contributed by atoms with E-state index < -0.39 is 23.5 Å². The maximum atomic E-state index is 13.1. The smallest absolute Gasteiger partial charge is 0.306 e. The van der Waals surface area contributed by atoms with Gasteiger partial charge in [-0.3, -0.25) is 9.59 Å². The first-order chi connectivity index (χ1) is 9.47. The van der Waals surface area contributed by atoms with Crippen LogP contribution >= 0.6 is 0 Å². The molecule has 1 saturated carbocycles. The number of nitrogens with one attached hydrogen (secondary N) is 1. The number of aliphatic carboxylic acids is 1. The molecule has 1 amide bonds. The molecule has 1 fully saturated rings. The van der Waals surface area contributed by atoms with Crippen LogP contribution in [0.2, 0.25) is 0 Å². The van der Waals surface area contributed by atoms with Gasteiger partial charge in [0.1, 0.15) is 0 Å². The number of phenolic OH excluding ortho intramolecular Hbond substituents is 1. The van der Waals surface area contributed by atoms with Crippen molar-refractivity contribution in [1.82, 2.24) is 5.32 Å². The van der Waals surface area contributed by atoms with E-state index in [1.165, 1.54) is 12.1 Å². The Kier molecular flexibility index (Phi) is 4.22. The minimum atomic E-state index is -0.860. The molecule has 1 aliphatic carbocycles. The van der Waals surface area contributed by atoms with Crippen LogP contribution in [0.25, 0.3) is 0 Å². The largest absolute Gasteiger partial charge is 0.505 e. The van der Waals surface area contributed by atoms with Gasteiger partial charge >= 0.3 is 5.97 Å². The number of hydrogen-bond acceptors (Lipinski definition) is 3. The quantitative estimate of drug-likeness (QED) is 0.783. The molecule has 0 aromatic heterocycles. The van der Waals surface area contributed by atoms with Crippen LogP contribution in [0.1, 0.15) is 24.8 Å². The molecule has 5 nitrogen and oxygen atoms in total. The third-order valence-electron chi connectivity index (χ3n) is 3.63. The van der Waals surface area contributed by atoms with Gasteiger partial charge in [0.05, 0.1) is 5.92 Å². The fourth-order valence-corrected chi connectivity index (χ4v) is 2.44. The van der Waals surface area contributed by atoms with Crippen molar-refractivity contribution in [2.24, 2.45) is 11.8 Å². The van der Waals surface area contributed by atoms with E-state index >= 15 is 0 Å². The van der Waals surface area contributed by atoms with E-state index in [2.05, 4.69) is 5.32 Å². The zero-order valence-corrected chi connectivity index (χ0v) is 10.8. The molecule has 0 saturated heterocycles. The second kappa shape index (κ2) is 5.90. The second-order valence-electron chi connectivity index (χ2n) is 5.05. The molecule has 0 radical (unpaired) electrons. The van der Waals surface area contributed by atoms with Gasteiger partial charge in [0, 0.05) is 12.5 Å². The summed E-state index contributed by atoms with van der Waals surface area (Å²) in [5.74, 6) is -2.97. The van der Waals surface area contributed by atoms with Crippen LogP contribution in [0.5, 0.6) is 5.75 Å². The summed E-state index contributed by atoms with van der Waals surface area (Å²) in [5.41, 5.74) is 0.543. The van der Waals surface area contributed by atoms with Gasteiger partial charge in [-0.2, -0.15) is 0 Å². The van der Waals surface area contributed by atoms with E-state index in [0.29, 0.717) is 24.8 Å². The third-order valence-corrected chi connectivity index (χ3v) is 3.63. The first-order valence-corrected chi connectivity index (χ1v) is 6.45. The SMILES string of the molecule is O=C(O)[C@@H]1CC[C@H](C(=O)NCc2ccc(O)c(F)c2)C1. The number of carboxylic acid groups (broad SMARTS) is 1. The maximum Gasteiger partial charge on any atom is 0.306 e. The summed E-state index contributed by atoms with van der Waals surface area (Å²) < 4.78 is 13.1. The summed E-state index contributed by atoms with van der Waals surface area (Å²) >= 11 is 0. The van der Waals surface area contributed by atoms with Gasteiger partial charge < -0.3 is 15.5 Å². The summed E-state index contributed by atoms with van der Waals surface area (Å²) in [4.78, 5) is 22.7. The summed E-state index contributed by atoms with van der Waals surface area (Å²) in [7, 11) is 0. The molecular weight excluding hydrogens is 265 g/mol. The molecule has 2 atom stereocenters. The van der Waals surface area contributed by atoms with E-state index in [9.17, 15) is 14.0 Å². The van der Waals surface area contributed by atoms with Crippen LogP contribution in [-0.4, -0.2) is 22.1 Å². The molecule has 108 valence electrons. The third kappa shape index (κ3) is 3.26. The van der Waals surface area contributed by atoms with Gasteiger partial charge in [-0.1, -0.05) is 6.07 Å². The van der Waals surface area contributed by atoms with Gasteiger partial charge in [0.2, 0.25) is 5.91 Å². The fourth-order valence-electron chi connectivity index (χ4n) is 2.44. The van der Waals surface area contributed by atoms with E-state index in [1.54, 1.807) is 0 Å². The molecule has 1 aliphatic rings. The first-order valence-electron chi connectivity index (χ1n) is 6.45. The topological polar surface area (TPSA) is 86.6 Å². The van der Waals surface area contributed by atoms with Crippen molar-refractivity contribution in [1.29, 1.82) is 0 Å². The van der Waals surface area contributed by atoms with E-state index in [1.807, 2.05) is 0 Å². The van der Waals surface area contributed by atoms with Crippen molar-refractivity contribution in [2.75, 3.05) is 0 Å². The number of phenols is 1. The average Bonchev–Trinajstić information content (AvgIpc) is 2.89. The molecule has 0 heterocycles. The van der Waals surface area contributed by atoms with Crippen molar-refractivity contribution in [3.8, 4) is 5.75 Å². The highest BCUT2D eigenvalue weighted by atomic mass is 19.1. The molecule has 0 unspecified atom stereocenters. The Morgan fingerprint density at radius 1 is 1.30 bits per heavy atom. The van der Waals surface area contributed by atoms with Gasteiger partial charge in [0.15, 0.2) is 11.6 Å². The summed E-state index contributed by atoms with van der Waals surface area (Å²) in [6.07, 6.45) is 1.43. The van der Waals surface area contributed by atoms with Crippen molar-refractivity contribution in [3.05, 3.63) is 29.6 Å². The number of carbonyl (C=O) groups is 2. The summed E-state index contributed by atoms with van der Waals surface area (Å²) in [6.45, 7) is 0.157. The minimum Gasteiger partial charge on any atom is -0.505 e. The number of hydrogen-bond donors (Lipinski definition) is 3. The maximum absolute atomic E-state index is 13.1. The Morgan fingerprint density at radius 2 is 2.00 bits per heavy atom. The fraction of sp³-hybridized carbons (Fsp3) is 0.429. The Hall–Kier alpha value is -2.11. The van der Waals surface area contributed by atoms with Crippen molar-refractivity contribution in [3.63, 3.8) is 0 Å². The molecule has 3 N–H and O–H groups in total. The summed E-state index contributed by atoms with van der Waals surface area (Å²) in [6, 6.07) is 3.91. The number of halogens is 1. The van der Waals surface area contributed by atoms with Crippen LogP contribution < -0.4 is 5.32 Å². The molecule has 20 heavy (non-hydrogen) atoms. The predicted octanol–water partition coefficient (Wildman–Crippen LogP) is 1.65. The molecule has 0 spiro atoms. The normalized spacial score (nSPS) is 21.6. The van der Waals surface area contributed by atoms with Gasteiger partial charge in [0.25, 0.3) is 0 Å². The molecular formula is C14H16FNO4. The number of aromatic hydroxyl groups is 1. The Bertz CT molecular complexity index is 532. The number of carboxylic acids is 1. The Labute approximate surface area is 115 Å². The molecule has 6 heteroatoms. The lowest BCUT2D eigenvalue weighted by Crippen LogP contribution is -2.29. The van der Waals surface area contributed by atoms with Crippen molar-refractivity contribution in [2.45, 2.75) is 25.8 Å². The zero-order chi connectivity index (χ0) is 14.7. The number of amides is 1. The monoisotopic (exact) mass is 281 g/mol. The van der Waals surface area contributed by atoms with Crippen LogP contribution in [0.3, 0.4) is 0 Å². The van der Waals surface area contributed by atoms with Crippen molar-refractivity contribution >= 4 is 11.9 Å². The first kappa shape index (κ1) is 14.3. The lowest BCUT2D eigenvalue weighted by atomic mass is 10.0. The molecule has 2 rings (SSSR count). The molecule has 1 aromatic rings. The highest BCUT2D eigenvalue weighted by molar-refractivity contribution is 5.80. The standard InChI is InChI=1S/C14H16FNO4/c15-11-5-8(1-4-12(11)17)7-16-13(18)9-2-3-10(6-9)14(19)20/h1,4-5,9-10,17H,2-3,6-7H2,(H,16,18)(H,19,20)/t9-,10+/m0/s1. The number of carbonyl (C=O) groups excluding carboxylic acids is 1. The number of benzene rings is 1. The van der Waals surface area contributed by atoms with Crippen LogP contribution in [0.15, 0.2) is 18.2 Å².